The summed E-state index contributed by atoms with van der Waals surface area (Å²) in [5.41, 5.74) is 2.08. The average Bonchev–Trinajstić information content (AvgIpc) is 2.26. The molecule has 1 aromatic rings. The van der Waals surface area contributed by atoms with Crippen molar-refractivity contribution in [2.45, 2.75) is 27.2 Å². The van der Waals surface area contributed by atoms with Crippen LogP contribution in [0, 0.1) is 12.8 Å². The Morgan fingerprint density at radius 3 is 2.65 bits per heavy atom. The predicted molar refractivity (Wildman–Crippen MR) is 69.3 cm³/mol. The number of rotatable bonds is 5. The fraction of sp³-hybridized carbons (Fsp3) is 0.500. The second-order valence-corrected chi connectivity index (χ2v) is 4.68. The molecule has 1 amide bonds. The van der Waals surface area contributed by atoms with Crippen LogP contribution < -0.4 is 10.1 Å². The topological polar surface area (TPSA) is 38.3 Å². The first-order valence-corrected chi connectivity index (χ1v) is 5.93. The zero-order valence-electron chi connectivity index (χ0n) is 11.0. The molecule has 0 spiro atoms. The maximum Gasteiger partial charge on any atom is 0.224 e. The van der Waals surface area contributed by atoms with Gasteiger partial charge >= 0.3 is 0 Å². The summed E-state index contributed by atoms with van der Waals surface area (Å²) in [5.74, 6) is 1.41. The minimum atomic E-state index is 0.0725. The molecular formula is C14H21NO2. The Morgan fingerprint density at radius 1 is 1.41 bits per heavy atom. The first-order chi connectivity index (χ1) is 8.02. The quantitative estimate of drug-likeness (QED) is 0.850. The van der Waals surface area contributed by atoms with Crippen LogP contribution in [0.1, 0.15) is 25.0 Å². The van der Waals surface area contributed by atoms with Gasteiger partial charge < -0.3 is 10.1 Å². The standard InChI is InChI=1S/C14H21NO2/c1-10(2)9-15-14(16)8-12-5-6-13(17-4)11(3)7-12/h5-7,10H,8-9H2,1-4H3,(H,15,16). The summed E-state index contributed by atoms with van der Waals surface area (Å²) in [6.07, 6.45) is 0.428. The molecule has 1 N–H and O–H groups in total. The van der Waals surface area contributed by atoms with Crippen LogP contribution in [0.25, 0.3) is 0 Å². The minimum absolute atomic E-state index is 0.0725. The zero-order chi connectivity index (χ0) is 12.8. The van der Waals surface area contributed by atoms with Crippen LogP contribution >= 0.6 is 0 Å². The number of carbonyl (C=O) groups excluding carboxylic acids is 1. The first kappa shape index (κ1) is 13.6. The van der Waals surface area contributed by atoms with E-state index in [-0.39, 0.29) is 5.91 Å². The number of nitrogens with one attached hydrogen (secondary N) is 1. The molecule has 0 unspecified atom stereocenters. The van der Waals surface area contributed by atoms with Crippen LogP contribution in [0.5, 0.6) is 5.75 Å². The molecule has 0 heterocycles. The van der Waals surface area contributed by atoms with Crippen LogP contribution in [0.2, 0.25) is 0 Å². The summed E-state index contributed by atoms with van der Waals surface area (Å²) in [7, 11) is 1.65. The van der Waals surface area contributed by atoms with Gasteiger partial charge in [-0.1, -0.05) is 26.0 Å². The Kier molecular flexibility index (Phi) is 5.01. The van der Waals surface area contributed by atoms with Gasteiger partial charge in [0.05, 0.1) is 13.5 Å². The molecule has 1 aromatic carbocycles. The molecule has 0 saturated heterocycles. The Bertz CT molecular complexity index is 386. The molecular weight excluding hydrogens is 214 g/mol. The molecule has 3 heteroatoms. The van der Waals surface area contributed by atoms with E-state index < -0.39 is 0 Å². The second-order valence-electron chi connectivity index (χ2n) is 4.68. The summed E-state index contributed by atoms with van der Waals surface area (Å²) in [6, 6.07) is 5.83. The van der Waals surface area contributed by atoms with E-state index in [1.54, 1.807) is 7.11 Å². The monoisotopic (exact) mass is 235 g/mol. The van der Waals surface area contributed by atoms with Crippen molar-refractivity contribution in [2.75, 3.05) is 13.7 Å². The average molecular weight is 235 g/mol. The Hall–Kier alpha value is -1.51. The predicted octanol–water partition coefficient (Wildman–Crippen LogP) is 2.32. The molecule has 0 aliphatic rings. The van der Waals surface area contributed by atoms with Gasteiger partial charge in [-0.2, -0.15) is 0 Å². The van der Waals surface area contributed by atoms with E-state index in [2.05, 4.69) is 19.2 Å². The fourth-order valence-electron chi connectivity index (χ4n) is 1.62. The third-order valence-corrected chi connectivity index (χ3v) is 2.53. The lowest BCUT2D eigenvalue weighted by Gasteiger charge is -2.09. The number of amides is 1. The number of methoxy groups -OCH3 is 1. The third kappa shape index (κ3) is 4.47. The maximum absolute atomic E-state index is 11.6. The Balaban J connectivity index is 2.57. The van der Waals surface area contributed by atoms with E-state index in [0.29, 0.717) is 12.3 Å². The molecule has 1 rings (SSSR count). The van der Waals surface area contributed by atoms with Gasteiger partial charge in [-0.25, -0.2) is 0 Å². The number of ether oxygens (including phenoxy) is 1. The molecule has 17 heavy (non-hydrogen) atoms. The first-order valence-electron chi connectivity index (χ1n) is 5.93. The van der Waals surface area contributed by atoms with E-state index >= 15 is 0 Å². The van der Waals surface area contributed by atoms with Crippen molar-refractivity contribution < 1.29 is 9.53 Å². The van der Waals surface area contributed by atoms with Gasteiger partial charge in [0.1, 0.15) is 5.75 Å². The summed E-state index contributed by atoms with van der Waals surface area (Å²) >= 11 is 0. The fourth-order valence-corrected chi connectivity index (χ4v) is 1.62. The number of benzene rings is 1. The Labute approximate surface area is 103 Å². The van der Waals surface area contributed by atoms with E-state index in [0.717, 1.165) is 23.4 Å². The molecule has 0 saturated carbocycles. The molecule has 0 bridgehead atoms. The molecule has 0 fully saturated rings. The molecule has 94 valence electrons. The highest BCUT2D eigenvalue weighted by atomic mass is 16.5. The largest absolute Gasteiger partial charge is 0.496 e. The van der Waals surface area contributed by atoms with E-state index in [4.69, 9.17) is 4.74 Å². The molecule has 0 aromatic heterocycles. The van der Waals surface area contributed by atoms with Gasteiger partial charge in [-0.3, -0.25) is 4.79 Å². The smallest absolute Gasteiger partial charge is 0.224 e. The third-order valence-electron chi connectivity index (χ3n) is 2.53. The van der Waals surface area contributed by atoms with Crippen molar-refractivity contribution in [3.63, 3.8) is 0 Å². The maximum atomic E-state index is 11.6. The summed E-state index contributed by atoms with van der Waals surface area (Å²) < 4.78 is 5.18. The number of aryl methyl sites for hydroxylation is 1. The van der Waals surface area contributed by atoms with Crippen LogP contribution in [0.4, 0.5) is 0 Å². The van der Waals surface area contributed by atoms with Crippen molar-refractivity contribution >= 4 is 5.91 Å². The lowest BCUT2D eigenvalue weighted by atomic mass is 10.1. The number of carbonyl (C=O) groups is 1. The number of hydrogen-bond acceptors (Lipinski definition) is 2. The second kappa shape index (κ2) is 6.28. The van der Waals surface area contributed by atoms with Gasteiger partial charge in [0.15, 0.2) is 0 Å². The van der Waals surface area contributed by atoms with E-state index in [1.807, 2.05) is 25.1 Å². The van der Waals surface area contributed by atoms with Gasteiger partial charge in [0.2, 0.25) is 5.91 Å². The van der Waals surface area contributed by atoms with Crippen LogP contribution in [-0.4, -0.2) is 19.6 Å². The van der Waals surface area contributed by atoms with E-state index in [1.165, 1.54) is 0 Å². The van der Waals surface area contributed by atoms with Crippen LogP contribution in [0.15, 0.2) is 18.2 Å². The van der Waals surface area contributed by atoms with Crippen molar-refractivity contribution in [1.29, 1.82) is 0 Å². The normalized spacial score (nSPS) is 10.4. The van der Waals surface area contributed by atoms with Crippen LogP contribution in [-0.2, 0) is 11.2 Å². The van der Waals surface area contributed by atoms with Crippen molar-refractivity contribution in [1.82, 2.24) is 5.32 Å². The minimum Gasteiger partial charge on any atom is -0.496 e. The lowest BCUT2D eigenvalue weighted by molar-refractivity contribution is -0.120. The highest BCUT2D eigenvalue weighted by Crippen LogP contribution is 2.18. The number of hydrogen-bond donors (Lipinski definition) is 1. The van der Waals surface area contributed by atoms with Gasteiger partial charge in [-0.05, 0) is 30.0 Å². The highest BCUT2D eigenvalue weighted by Gasteiger charge is 2.06. The van der Waals surface area contributed by atoms with Gasteiger partial charge in [0, 0.05) is 6.54 Å². The van der Waals surface area contributed by atoms with Crippen LogP contribution in [0.3, 0.4) is 0 Å². The van der Waals surface area contributed by atoms with Crippen molar-refractivity contribution in [3.8, 4) is 5.75 Å². The lowest BCUT2D eigenvalue weighted by Crippen LogP contribution is -2.28. The summed E-state index contributed by atoms with van der Waals surface area (Å²) in [6.45, 7) is 6.87. The molecule has 3 nitrogen and oxygen atoms in total. The van der Waals surface area contributed by atoms with Gasteiger partial charge in [-0.15, -0.1) is 0 Å². The molecule has 0 atom stereocenters. The molecule has 0 aliphatic heterocycles. The summed E-state index contributed by atoms with van der Waals surface area (Å²) in [5, 5.41) is 2.91. The highest BCUT2D eigenvalue weighted by molar-refractivity contribution is 5.78. The SMILES string of the molecule is COc1ccc(CC(=O)NCC(C)C)cc1C. The molecule has 0 aliphatic carbocycles. The zero-order valence-corrected chi connectivity index (χ0v) is 11.0. The van der Waals surface area contributed by atoms with Crippen molar-refractivity contribution in [3.05, 3.63) is 29.3 Å². The molecule has 0 radical (unpaired) electrons. The van der Waals surface area contributed by atoms with E-state index in [9.17, 15) is 4.79 Å². The van der Waals surface area contributed by atoms with Crippen molar-refractivity contribution in [2.24, 2.45) is 5.92 Å². The summed E-state index contributed by atoms with van der Waals surface area (Å²) in [4.78, 5) is 11.6. The Morgan fingerprint density at radius 2 is 2.12 bits per heavy atom. The van der Waals surface area contributed by atoms with Gasteiger partial charge in [0.25, 0.3) is 0 Å².